The molecule has 1 saturated heterocycles. The molecular weight excluding hydrogens is 369 g/mol. The Bertz CT molecular complexity index is 862. The Morgan fingerprint density at radius 2 is 2.00 bits per heavy atom. The molecule has 0 radical (unpaired) electrons. The lowest BCUT2D eigenvalue weighted by Gasteiger charge is -2.23. The number of hydrogen-bond acceptors (Lipinski definition) is 5. The molecule has 3 rings (SSSR count). The summed E-state index contributed by atoms with van der Waals surface area (Å²) in [6.07, 6.45) is -0.248. The van der Waals surface area contributed by atoms with Gasteiger partial charge in [-0.05, 0) is 40.5 Å². The van der Waals surface area contributed by atoms with E-state index in [2.05, 4.69) is 20.3 Å². The van der Waals surface area contributed by atoms with E-state index in [0.717, 1.165) is 5.01 Å². The second-order valence-electron chi connectivity index (χ2n) is 6.93. The van der Waals surface area contributed by atoms with E-state index in [1.807, 2.05) is 6.92 Å². The first-order valence-electron chi connectivity index (χ1n) is 8.97. The van der Waals surface area contributed by atoms with Gasteiger partial charge in [0, 0.05) is 12.2 Å². The molecule has 2 N–H and O–H groups in total. The highest BCUT2D eigenvalue weighted by molar-refractivity contribution is 7.13. The molecule has 3 heterocycles. The summed E-state index contributed by atoms with van der Waals surface area (Å²) in [7, 11) is 0. The van der Waals surface area contributed by atoms with Crippen LogP contribution in [0.1, 0.15) is 55.2 Å². The van der Waals surface area contributed by atoms with Gasteiger partial charge in [0.2, 0.25) is 0 Å². The van der Waals surface area contributed by atoms with Crippen LogP contribution in [0.15, 0.2) is 0 Å². The Morgan fingerprint density at radius 1 is 1.26 bits per heavy atom. The number of carbonyl (C=O) groups excluding carboxylic acids is 2. The number of aromatic amines is 1. The smallest absolute Gasteiger partial charge is 0.272 e. The van der Waals surface area contributed by atoms with Crippen molar-refractivity contribution in [2.24, 2.45) is 0 Å². The number of aromatic nitrogens is 3. The first-order chi connectivity index (χ1) is 12.8. The number of H-pyrrole nitrogens is 1. The number of halogens is 1. The van der Waals surface area contributed by atoms with Crippen molar-refractivity contribution < 1.29 is 14.0 Å². The van der Waals surface area contributed by atoms with Gasteiger partial charge < -0.3 is 15.2 Å². The molecule has 1 aliphatic rings. The number of hydrogen-bond donors (Lipinski definition) is 2. The third kappa shape index (κ3) is 4.18. The average molecular weight is 393 g/mol. The third-order valence-electron chi connectivity index (χ3n) is 4.69. The van der Waals surface area contributed by atoms with Crippen LogP contribution in [-0.2, 0) is 0 Å². The summed E-state index contributed by atoms with van der Waals surface area (Å²) >= 11 is 1.33. The van der Waals surface area contributed by atoms with Crippen LogP contribution in [0.4, 0.5) is 4.39 Å². The zero-order valence-electron chi connectivity index (χ0n) is 15.9. The van der Waals surface area contributed by atoms with Gasteiger partial charge in [0.25, 0.3) is 11.8 Å². The van der Waals surface area contributed by atoms with Gasteiger partial charge in [-0.15, -0.1) is 11.3 Å². The maximum Gasteiger partial charge on any atom is 0.272 e. The summed E-state index contributed by atoms with van der Waals surface area (Å²) in [5, 5.41) is 3.57. The molecule has 0 bridgehead atoms. The van der Waals surface area contributed by atoms with Gasteiger partial charge in [-0.1, -0.05) is 0 Å². The van der Waals surface area contributed by atoms with Gasteiger partial charge in [0.05, 0.1) is 23.3 Å². The minimum absolute atomic E-state index is 0.0429. The van der Waals surface area contributed by atoms with Crippen molar-refractivity contribution in [1.82, 2.24) is 25.2 Å². The summed E-state index contributed by atoms with van der Waals surface area (Å²) in [5.41, 5.74) is 1.62. The topological polar surface area (TPSA) is 91.0 Å². The van der Waals surface area contributed by atoms with Crippen molar-refractivity contribution in [3.63, 3.8) is 0 Å². The predicted octanol–water partition coefficient (Wildman–Crippen LogP) is 2.47. The fourth-order valence-electron chi connectivity index (χ4n) is 3.40. The van der Waals surface area contributed by atoms with Gasteiger partial charge in [-0.25, -0.2) is 14.4 Å². The Kier molecular flexibility index (Phi) is 5.59. The lowest BCUT2D eigenvalue weighted by Crippen LogP contribution is -2.45. The normalized spacial score (nSPS) is 20.4. The predicted molar refractivity (Wildman–Crippen MR) is 101 cm³/mol. The molecule has 146 valence electrons. The Hall–Kier alpha value is -2.29. The molecule has 0 aliphatic carbocycles. The summed E-state index contributed by atoms with van der Waals surface area (Å²) in [6.45, 7) is 7.58. The zero-order chi connectivity index (χ0) is 19.7. The van der Waals surface area contributed by atoms with Crippen molar-refractivity contribution in [1.29, 1.82) is 0 Å². The lowest BCUT2D eigenvalue weighted by atomic mass is 10.1. The highest BCUT2D eigenvalue weighted by Gasteiger charge is 2.32. The van der Waals surface area contributed by atoms with Crippen molar-refractivity contribution in [3.8, 4) is 0 Å². The Morgan fingerprint density at radius 3 is 2.59 bits per heavy atom. The number of rotatable bonds is 3. The van der Waals surface area contributed by atoms with E-state index in [1.165, 1.54) is 16.2 Å². The van der Waals surface area contributed by atoms with Crippen molar-refractivity contribution in [2.75, 3.05) is 13.1 Å². The molecule has 2 atom stereocenters. The maximum absolute atomic E-state index is 14.9. The van der Waals surface area contributed by atoms with E-state index in [-0.39, 0.29) is 18.1 Å². The van der Waals surface area contributed by atoms with Crippen LogP contribution in [0.25, 0.3) is 0 Å². The van der Waals surface area contributed by atoms with Crippen LogP contribution in [0.3, 0.4) is 0 Å². The molecule has 7 nitrogen and oxygen atoms in total. The van der Waals surface area contributed by atoms with Crippen LogP contribution in [0.2, 0.25) is 0 Å². The highest BCUT2D eigenvalue weighted by atomic mass is 32.1. The molecular formula is C18H24FN5O2S. The van der Waals surface area contributed by atoms with Crippen LogP contribution >= 0.6 is 11.3 Å². The molecule has 1 aliphatic heterocycles. The van der Waals surface area contributed by atoms with Gasteiger partial charge >= 0.3 is 0 Å². The summed E-state index contributed by atoms with van der Waals surface area (Å²) in [6, 6.07) is -0.643. The largest absolute Gasteiger partial charge is 0.346 e. The van der Waals surface area contributed by atoms with Crippen LogP contribution in [0, 0.1) is 27.7 Å². The fourth-order valence-corrected chi connectivity index (χ4v) is 4.29. The average Bonchev–Trinajstić information content (AvgIpc) is 3.05. The van der Waals surface area contributed by atoms with E-state index in [1.54, 1.807) is 20.8 Å². The maximum atomic E-state index is 14.9. The molecule has 9 heteroatoms. The number of thiazole rings is 1. The SMILES string of the molecule is Cc1nc(C(=O)NC2CCCN(C(=O)c3sc(C)nc3C)CC2F)c(C)[nH]1. The van der Waals surface area contributed by atoms with Gasteiger partial charge in [0.15, 0.2) is 0 Å². The number of alkyl halides is 1. The second-order valence-corrected chi connectivity index (χ2v) is 8.14. The van der Waals surface area contributed by atoms with Crippen LogP contribution in [-0.4, -0.2) is 57.0 Å². The number of carbonyl (C=O) groups is 2. The molecule has 2 aromatic rings. The zero-order valence-corrected chi connectivity index (χ0v) is 16.7. The van der Waals surface area contributed by atoms with Crippen LogP contribution in [0.5, 0.6) is 0 Å². The van der Waals surface area contributed by atoms with Crippen molar-refractivity contribution in [2.45, 2.75) is 52.8 Å². The molecule has 0 spiro atoms. The lowest BCUT2D eigenvalue weighted by molar-refractivity contribution is 0.0716. The Labute approximate surface area is 161 Å². The van der Waals surface area contributed by atoms with Crippen molar-refractivity contribution in [3.05, 3.63) is 32.8 Å². The molecule has 1 fully saturated rings. The molecule has 2 unspecified atom stereocenters. The summed E-state index contributed by atoms with van der Waals surface area (Å²) in [5.74, 6) is 0.0620. The first kappa shape index (κ1) is 19.5. The highest BCUT2D eigenvalue weighted by Crippen LogP contribution is 2.22. The number of likely N-dealkylation sites (tertiary alicyclic amines) is 1. The molecule has 0 aromatic carbocycles. The van der Waals surface area contributed by atoms with E-state index >= 15 is 0 Å². The van der Waals surface area contributed by atoms with E-state index < -0.39 is 18.1 Å². The van der Waals surface area contributed by atoms with Crippen molar-refractivity contribution >= 4 is 23.2 Å². The molecule has 0 saturated carbocycles. The molecule has 27 heavy (non-hydrogen) atoms. The van der Waals surface area contributed by atoms with Crippen LogP contribution < -0.4 is 5.32 Å². The third-order valence-corrected chi connectivity index (χ3v) is 5.76. The monoisotopic (exact) mass is 393 g/mol. The van der Waals surface area contributed by atoms with E-state index in [4.69, 9.17) is 0 Å². The number of amides is 2. The van der Waals surface area contributed by atoms with Gasteiger partial charge in [0.1, 0.15) is 22.6 Å². The number of nitrogens with one attached hydrogen (secondary N) is 2. The Balaban J connectivity index is 1.68. The first-order valence-corrected chi connectivity index (χ1v) is 9.79. The molecule has 2 amide bonds. The summed E-state index contributed by atoms with van der Waals surface area (Å²) in [4.78, 5) is 38.7. The van der Waals surface area contributed by atoms with E-state index in [0.29, 0.717) is 41.5 Å². The van der Waals surface area contributed by atoms with Gasteiger partial charge in [-0.3, -0.25) is 9.59 Å². The fraction of sp³-hybridized carbons (Fsp3) is 0.556. The minimum Gasteiger partial charge on any atom is -0.346 e. The van der Waals surface area contributed by atoms with E-state index in [9.17, 15) is 14.0 Å². The minimum atomic E-state index is -1.34. The quantitative estimate of drug-likeness (QED) is 0.838. The standard InChI is InChI=1S/C18H24FN5O2S/c1-9-15(22-11(3)20-9)17(25)23-14-6-5-7-24(8-13(14)19)18(26)16-10(2)21-12(4)27-16/h13-14H,5-8H2,1-4H3,(H,20,22)(H,23,25). The van der Waals surface area contributed by atoms with Gasteiger partial charge in [-0.2, -0.15) is 0 Å². The summed E-state index contributed by atoms with van der Waals surface area (Å²) < 4.78 is 14.9. The molecule has 2 aromatic heterocycles. The number of imidazole rings is 1. The second kappa shape index (κ2) is 7.75. The number of aryl methyl sites for hydroxylation is 4. The number of nitrogens with zero attached hydrogens (tertiary/aromatic N) is 3.